The number of thiophene rings is 1. The molecule has 9 heteroatoms. The number of nitrogens with one attached hydrogen (secondary N) is 1. The van der Waals surface area contributed by atoms with Gasteiger partial charge < -0.3 is 14.8 Å². The Morgan fingerprint density at radius 2 is 1.81 bits per heavy atom. The molecule has 0 amide bonds. The molecule has 4 rings (SSSR count). The van der Waals surface area contributed by atoms with Crippen molar-refractivity contribution in [1.29, 1.82) is 5.26 Å². The van der Waals surface area contributed by atoms with Gasteiger partial charge in [0.15, 0.2) is 0 Å². The molecule has 7 nitrogen and oxygen atoms in total. The van der Waals surface area contributed by atoms with Gasteiger partial charge in [0, 0.05) is 17.1 Å². The number of hydrogen-bond donors (Lipinski definition) is 1. The fourth-order valence-corrected chi connectivity index (χ4v) is 5.47. The normalized spacial score (nSPS) is 11.2. The molecule has 4 aromatic rings. The number of benzene rings is 2. The Morgan fingerprint density at radius 3 is 2.53 bits per heavy atom. The summed E-state index contributed by atoms with van der Waals surface area (Å²) in [4.78, 5) is 30.0. The van der Waals surface area contributed by atoms with E-state index >= 15 is 0 Å². The second kappa shape index (κ2) is 11.2. The molecular weight excluding hydrogens is 494 g/mol. The third-order valence-electron chi connectivity index (χ3n) is 5.34. The average molecular weight is 518 g/mol. The lowest BCUT2D eigenvalue weighted by molar-refractivity contribution is 0.0527. The number of fused-ring (bicyclic) bond motifs is 1. The summed E-state index contributed by atoms with van der Waals surface area (Å²) in [6, 6.07) is 16.4. The molecule has 0 saturated heterocycles. The molecule has 0 radical (unpaired) electrons. The van der Waals surface area contributed by atoms with Crippen molar-refractivity contribution < 1.29 is 19.1 Å². The molecule has 36 heavy (non-hydrogen) atoms. The SMILES string of the molecule is CCOC(=O)c1sc(N/C=C(/C#N)c2nc(-c3ccc4ccccc4c3)cs2)c(C(=O)OCC)c1C. The lowest BCUT2D eigenvalue weighted by Gasteiger charge is -2.05. The number of nitrogens with zero attached hydrogens (tertiary/aromatic N) is 2. The van der Waals surface area contributed by atoms with Crippen LogP contribution < -0.4 is 5.32 Å². The first-order chi connectivity index (χ1) is 17.5. The number of aromatic nitrogens is 1. The highest BCUT2D eigenvalue weighted by Gasteiger charge is 2.26. The molecule has 0 saturated carbocycles. The van der Waals surface area contributed by atoms with Crippen LogP contribution in [0, 0.1) is 18.3 Å². The van der Waals surface area contributed by atoms with E-state index in [0.29, 0.717) is 26.0 Å². The predicted molar refractivity (Wildman–Crippen MR) is 143 cm³/mol. The fraction of sp³-hybridized carbons (Fsp3) is 0.185. The van der Waals surface area contributed by atoms with Gasteiger partial charge in [0.05, 0.1) is 24.5 Å². The Bertz CT molecular complexity index is 1510. The van der Waals surface area contributed by atoms with Crippen LogP contribution in [0.2, 0.25) is 0 Å². The summed E-state index contributed by atoms with van der Waals surface area (Å²) in [6.07, 6.45) is 1.49. The summed E-state index contributed by atoms with van der Waals surface area (Å²) >= 11 is 2.43. The zero-order chi connectivity index (χ0) is 25.7. The first-order valence-electron chi connectivity index (χ1n) is 11.3. The van der Waals surface area contributed by atoms with Crippen molar-refractivity contribution in [1.82, 2.24) is 4.98 Å². The van der Waals surface area contributed by atoms with Gasteiger partial charge in [-0.25, -0.2) is 14.6 Å². The molecular formula is C27H23N3O4S2. The lowest BCUT2D eigenvalue weighted by Crippen LogP contribution is -2.09. The van der Waals surface area contributed by atoms with E-state index in [1.807, 2.05) is 35.7 Å². The third kappa shape index (κ3) is 5.15. The van der Waals surface area contributed by atoms with Gasteiger partial charge >= 0.3 is 11.9 Å². The van der Waals surface area contributed by atoms with Gasteiger partial charge in [-0.15, -0.1) is 22.7 Å². The van der Waals surface area contributed by atoms with Crippen LogP contribution in [-0.2, 0) is 9.47 Å². The number of carbonyl (C=O) groups is 2. The highest BCUT2D eigenvalue weighted by molar-refractivity contribution is 7.18. The maximum Gasteiger partial charge on any atom is 0.348 e. The third-order valence-corrected chi connectivity index (χ3v) is 7.41. The summed E-state index contributed by atoms with van der Waals surface area (Å²) in [6.45, 7) is 5.51. The van der Waals surface area contributed by atoms with Crippen LogP contribution in [0.1, 0.15) is 44.4 Å². The van der Waals surface area contributed by atoms with E-state index in [2.05, 4.69) is 28.5 Å². The molecule has 182 valence electrons. The Hall–Kier alpha value is -4.00. The summed E-state index contributed by atoms with van der Waals surface area (Å²) in [5.74, 6) is -1.06. The summed E-state index contributed by atoms with van der Waals surface area (Å²) < 4.78 is 10.3. The Kier molecular flexibility index (Phi) is 7.78. The molecule has 0 aliphatic carbocycles. The van der Waals surface area contributed by atoms with Gasteiger partial charge in [-0.2, -0.15) is 5.26 Å². The van der Waals surface area contributed by atoms with Crippen molar-refractivity contribution in [2.45, 2.75) is 20.8 Å². The average Bonchev–Trinajstić information content (AvgIpc) is 3.49. The van der Waals surface area contributed by atoms with Crippen LogP contribution >= 0.6 is 22.7 Å². The molecule has 0 spiro atoms. The van der Waals surface area contributed by atoms with Gasteiger partial charge in [-0.3, -0.25) is 0 Å². The van der Waals surface area contributed by atoms with Crippen molar-refractivity contribution >= 4 is 56.0 Å². The largest absolute Gasteiger partial charge is 0.462 e. The molecule has 0 aliphatic heterocycles. The number of anilines is 1. The Labute approximate surface area is 216 Å². The predicted octanol–water partition coefficient (Wildman–Crippen LogP) is 6.66. The van der Waals surface area contributed by atoms with E-state index in [1.165, 1.54) is 17.5 Å². The minimum absolute atomic E-state index is 0.193. The Balaban J connectivity index is 1.64. The van der Waals surface area contributed by atoms with Crippen molar-refractivity contribution in [2.24, 2.45) is 0 Å². The molecule has 2 aromatic carbocycles. The van der Waals surface area contributed by atoms with Crippen LogP contribution in [0.3, 0.4) is 0 Å². The maximum absolute atomic E-state index is 12.6. The number of thiazole rings is 1. The minimum Gasteiger partial charge on any atom is -0.462 e. The van der Waals surface area contributed by atoms with E-state index in [1.54, 1.807) is 20.8 Å². The van der Waals surface area contributed by atoms with Gasteiger partial charge in [0.1, 0.15) is 26.5 Å². The van der Waals surface area contributed by atoms with E-state index in [4.69, 9.17) is 9.47 Å². The van der Waals surface area contributed by atoms with E-state index in [-0.39, 0.29) is 18.8 Å². The molecule has 0 aliphatic rings. The molecule has 1 N–H and O–H groups in total. The van der Waals surface area contributed by atoms with E-state index in [9.17, 15) is 14.9 Å². The topological polar surface area (TPSA) is 101 Å². The van der Waals surface area contributed by atoms with Crippen LogP contribution in [-0.4, -0.2) is 30.1 Å². The monoisotopic (exact) mass is 517 g/mol. The number of nitriles is 1. The zero-order valence-corrected chi connectivity index (χ0v) is 21.6. The van der Waals surface area contributed by atoms with E-state index < -0.39 is 11.9 Å². The highest BCUT2D eigenvalue weighted by Crippen LogP contribution is 2.35. The quantitative estimate of drug-likeness (QED) is 0.206. The van der Waals surface area contributed by atoms with Crippen molar-refractivity contribution in [2.75, 3.05) is 18.5 Å². The summed E-state index contributed by atoms with van der Waals surface area (Å²) in [5, 5.41) is 17.9. The van der Waals surface area contributed by atoms with Crippen LogP contribution in [0.4, 0.5) is 5.00 Å². The molecule has 2 heterocycles. The molecule has 0 atom stereocenters. The second-order valence-electron chi connectivity index (χ2n) is 7.62. The number of rotatable bonds is 8. The molecule has 2 aromatic heterocycles. The molecule has 0 bridgehead atoms. The van der Waals surface area contributed by atoms with Crippen LogP contribution in [0.25, 0.3) is 27.6 Å². The standard InChI is InChI=1S/C27H23N3O4S2/c1-4-33-26(31)22-16(3)23(27(32)34-5-2)36-25(22)29-14-20(13-28)24-30-21(15-35-24)19-11-10-17-8-6-7-9-18(17)12-19/h6-12,14-15,29H,4-5H2,1-3H3/b20-14-. The van der Waals surface area contributed by atoms with Crippen molar-refractivity contribution in [3.63, 3.8) is 0 Å². The number of ether oxygens (including phenoxy) is 2. The zero-order valence-electron chi connectivity index (χ0n) is 20.0. The molecule has 0 unspecified atom stereocenters. The lowest BCUT2D eigenvalue weighted by atomic mass is 10.1. The first-order valence-corrected chi connectivity index (χ1v) is 13.0. The van der Waals surface area contributed by atoms with E-state index in [0.717, 1.165) is 33.4 Å². The van der Waals surface area contributed by atoms with Crippen LogP contribution in [0.5, 0.6) is 0 Å². The van der Waals surface area contributed by atoms with Crippen molar-refractivity contribution in [3.8, 4) is 17.3 Å². The fourth-order valence-electron chi connectivity index (χ4n) is 3.61. The Morgan fingerprint density at radius 1 is 1.08 bits per heavy atom. The number of carbonyl (C=O) groups excluding carboxylic acids is 2. The maximum atomic E-state index is 12.6. The summed E-state index contributed by atoms with van der Waals surface area (Å²) in [7, 11) is 0. The first kappa shape index (κ1) is 25.1. The second-order valence-corrected chi connectivity index (χ2v) is 9.49. The number of hydrogen-bond acceptors (Lipinski definition) is 9. The van der Waals surface area contributed by atoms with Crippen molar-refractivity contribution in [3.05, 3.63) is 75.1 Å². The van der Waals surface area contributed by atoms with Gasteiger partial charge in [0.2, 0.25) is 0 Å². The van der Waals surface area contributed by atoms with Gasteiger partial charge in [0.25, 0.3) is 0 Å². The minimum atomic E-state index is -0.552. The summed E-state index contributed by atoms with van der Waals surface area (Å²) in [5.41, 5.74) is 2.74. The van der Waals surface area contributed by atoms with Crippen LogP contribution in [0.15, 0.2) is 54.0 Å². The number of esters is 2. The molecule has 0 fully saturated rings. The van der Waals surface area contributed by atoms with Gasteiger partial charge in [-0.1, -0.05) is 36.4 Å². The number of allylic oxidation sites excluding steroid dienone is 1. The van der Waals surface area contributed by atoms with Gasteiger partial charge in [-0.05, 0) is 43.2 Å². The highest BCUT2D eigenvalue weighted by atomic mass is 32.1. The smallest absolute Gasteiger partial charge is 0.348 e.